The van der Waals surface area contributed by atoms with E-state index in [9.17, 15) is 4.79 Å². The van der Waals surface area contributed by atoms with Gasteiger partial charge in [-0.05, 0) is 20.0 Å². The molecule has 88 valence electrons. The number of rotatable bonds is 6. The van der Waals surface area contributed by atoms with Crippen LogP contribution < -0.4 is 10.1 Å². The zero-order chi connectivity index (χ0) is 11.8. The Bertz CT molecular complexity index is 325. The molecule has 0 atom stereocenters. The van der Waals surface area contributed by atoms with Crippen molar-refractivity contribution >= 4 is 5.97 Å². The summed E-state index contributed by atoms with van der Waals surface area (Å²) in [6.45, 7) is 3.42. The standard InChI is InChI=1S/C11H16N2O3/c1-3-15-11(14)9-4-5-10(13-8-9)16-7-6-12-2/h4-5,8,12H,3,6-7H2,1-2H3. The zero-order valence-corrected chi connectivity index (χ0v) is 9.53. The number of nitrogens with one attached hydrogen (secondary N) is 1. The third kappa shape index (κ3) is 3.86. The Balaban J connectivity index is 2.50. The quantitative estimate of drug-likeness (QED) is 0.573. The van der Waals surface area contributed by atoms with Crippen molar-refractivity contribution in [3.8, 4) is 5.88 Å². The molecule has 16 heavy (non-hydrogen) atoms. The van der Waals surface area contributed by atoms with Gasteiger partial charge in [0.15, 0.2) is 0 Å². The van der Waals surface area contributed by atoms with E-state index in [0.29, 0.717) is 24.7 Å². The van der Waals surface area contributed by atoms with Crippen molar-refractivity contribution in [3.05, 3.63) is 23.9 Å². The SMILES string of the molecule is CCOC(=O)c1ccc(OCCNC)nc1. The average molecular weight is 224 g/mol. The van der Waals surface area contributed by atoms with Crippen molar-refractivity contribution in [2.45, 2.75) is 6.92 Å². The molecule has 1 heterocycles. The minimum atomic E-state index is -0.364. The summed E-state index contributed by atoms with van der Waals surface area (Å²) in [5, 5.41) is 2.96. The Hall–Kier alpha value is -1.62. The number of aromatic nitrogens is 1. The number of hydrogen-bond donors (Lipinski definition) is 1. The van der Waals surface area contributed by atoms with Gasteiger partial charge < -0.3 is 14.8 Å². The van der Waals surface area contributed by atoms with E-state index in [1.54, 1.807) is 19.1 Å². The number of pyridine rings is 1. The van der Waals surface area contributed by atoms with Crippen molar-refractivity contribution in [1.82, 2.24) is 10.3 Å². The molecule has 1 N–H and O–H groups in total. The van der Waals surface area contributed by atoms with Gasteiger partial charge in [0.05, 0.1) is 12.2 Å². The van der Waals surface area contributed by atoms with Gasteiger partial charge >= 0.3 is 5.97 Å². The molecule has 1 aromatic heterocycles. The van der Waals surface area contributed by atoms with Crippen LogP contribution in [0.3, 0.4) is 0 Å². The number of esters is 1. The van der Waals surface area contributed by atoms with Gasteiger partial charge in [-0.3, -0.25) is 0 Å². The maximum Gasteiger partial charge on any atom is 0.339 e. The fraction of sp³-hybridized carbons (Fsp3) is 0.455. The Morgan fingerprint density at radius 3 is 2.88 bits per heavy atom. The van der Waals surface area contributed by atoms with Crippen LogP contribution >= 0.6 is 0 Å². The van der Waals surface area contributed by atoms with Crippen LogP contribution in [0.5, 0.6) is 5.88 Å². The maximum atomic E-state index is 11.3. The summed E-state index contributed by atoms with van der Waals surface area (Å²) in [6.07, 6.45) is 1.45. The summed E-state index contributed by atoms with van der Waals surface area (Å²) in [4.78, 5) is 15.3. The summed E-state index contributed by atoms with van der Waals surface area (Å²) < 4.78 is 10.2. The fourth-order valence-electron chi connectivity index (χ4n) is 1.06. The molecule has 0 amide bonds. The molecular weight excluding hydrogens is 208 g/mol. The average Bonchev–Trinajstić information content (AvgIpc) is 2.30. The van der Waals surface area contributed by atoms with E-state index < -0.39 is 0 Å². The number of carbonyl (C=O) groups is 1. The Labute approximate surface area is 94.8 Å². The van der Waals surface area contributed by atoms with Crippen LogP contribution in [0.1, 0.15) is 17.3 Å². The minimum absolute atomic E-state index is 0.360. The van der Waals surface area contributed by atoms with E-state index in [2.05, 4.69) is 10.3 Å². The van der Waals surface area contributed by atoms with E-state index in [1.165, 1.54) is 6.20 Å². The van der Waals surface area contributed by atoms with Crippen molar-refractivity contribution in [1.29, 1.82) is 0 Å². The molecule has 0 saturated carbocycles. The first kappa shape index (κ1) is 12.4. The lowest BCUT2D eigenvalue weighted by Gasteiger charge is -2.05. The molecule has 0 aliphatic heterocycles. The van der Waals surface area contributed by atoms with Crippen molar-refractivity contribution < 1.29 is 14.3 Å². The van der Waals surface area contributed by atoms with Crippen molar-refractivity contribution in [3.63, 3.8) is 0 Å². The summed E-state index contributed by atoms with van der Waals surface area (Å²) in [7, 11) is 1.85. The van der Waals surface area contributed by atoms with Gasteiger partial charge in [-0.1, -0.05) is 0 Å². The third-order valence-corrected chi connectivity index (χ3v) is 1.85. The molecule has 1 aromatic rings. The Morgan fingerprint density at radius 1 is 1.50 bits per heavy atom. The molecule has 0 radical (unpaired) electrons. The predicted molar refractivity (Wildman–Crippen MR) is 59.6 cm³/mol. The van der Waals surface area contributed by atoms with Crippen LogP contribution in [0.25, 0.3) is 0 Å². The molecule has 0 saturated heterocycles. The number of ether oxygens (including phenoxy) is 2. The van der Waals surface area contributed by atoms with Gasteiger partial charge in [0.2, 0.25) is 5.88 Å². The molecule has 1 rings (SSSR count). The number of likely N-dealkylation sites (N-methyl/N-ethyl adjacent to an activating group) is 1. The van der Waals surface area contributed by atoms with Crippen molar-refractivity contribution in [2.75, 3.05) is 26.8 Å². The molecular formula is C11H16N2O3. The first-order valence-electron chi connectivity index (χ1n) is 5.18. The monoisotopic (exact) mass is 224 g/mol. The van der Waals surface area contributed by atoms with Gasteiger partial charge in [0.25, 0.3) is 0 Å². The summed E-state index contributed by atoms with van der Waals surface area (Å²) >= 11 is 0. The van der Waals surface area contributed by atoms with Gasteiger partial charge in [-0.25, -0.2) is 9.78 Å². The highest BCUT2D eigenvalue weighted by molar-refractivity contribution is 5.89. The van der Waals surface area contributed by atoms with Crippen LogP contribution in [-0.2, 0) is 4.74 Å². The second-order valence-corrected chi connectivity index (χ2v) is 3.06. The van der Waals surface area contributed by atoms with E-state index in [1.807, 2.05) is 7.05 Å². The van der Waals surface area contributed by atoms with Crippen molar-refractivity contribution in [2.24, 2.45) is 0 Å². The largest absolute Gasteiger partial charge is 0.476 e. The lowest BCUT2D eigenvalue weighted by molar-refractivity contribution is 0.0526. The van der Waals surface area contributed by atoms with Crippen LogP contribution in [0, 0.1) is 0 Å². The molecule has 0 aromatic carbocycles. The topological polar surface area (TPSA) is 60.5 Å². The van der Waals surface area contributed by atoms with Crippen LogP contribution in [0.2, 0.25) is 0 Å². The number of hydrogen-bond acceptors (Lipinski definition) is 5. The van der Waals surface area contributed by atoms with Crippen LogP contribution in [-0.4, -0.2) is 37.8 Å². The smallest absolute Gasteiger partial charge is 0.339 e. The highest BCUT2D eigenvalue weighted by Crippen LogP contribution is 2.08. The van der Waals surface area contributed by atoms with Crippen LogP contribution in [0.4, 0.5) is 0 Å². The Morgan fingerprint density at radius 2 is 2.31 bits per heavy atom. The maximum absolute atomic E-state index is 11.3. The summed E-state index contributed by atoms with van der Waals surface area (Å²) in [5.41, 5.74) is 0.433. The first-order chi connectivity index (χ1) is 7.77. The first-order valence-corrected chi connectivity index (χ1v) is 5.18. The molecule has 5 heteroatoms. The minimum Gasteiger partial charge on any atom is -0.476 e. The summed E-state index contributed by atoms with van der Waals surface area (Å²) in [6, 6.07) is 3.29. The molecule has 5 nitrogen and oxygen atoms in total. The molecule has 0 aliphatic rings. The highest BCUT2D eigenvalue weighted by Gasteiger charge is 2.06. The lowest BCUT2D eigenvalue weighted by atomic mass is 10.3. The lowest BCUT2D eigenvalue weighted by Crippen LogP contribution is -2.16. The van der Waals surface area contributed by atoms with E-state index >= 15 is 0 Å². The van der Waals surface area contributed by atoms with Gasteiger partial charge in [-0.15, -0.1) is 0 Å². The van der Waals surface area contributed by atoms with Gasteiger partial charge in [0, 0.05) is 18.8 Å². The fourth-order valence-corrected chi connectivity index (χ4v) is 1.06. The molecule has 0 aliphatic carbocycles. The van der Waals surface area contributed by atoms with E-state index in [-0.39, 0.29) is 5.97 Å². The number of carbonyl (C=O) groups excluding carboxylic acids is 1. The number of nitrogens with zero attached hydrogens (tertiary/aromatic N) is 1. The van der Waals surface area contributed by atoms with Crippen LogP contribution in [0.15, 0.2) is 18.3 Å². The normalized spacial score (nSPS) is 9.88. The molecule has 0 spiro atoms. The van der Waals surface area contributed by atoms with E-state index in [0.717, 1.165) is 6.54 Å². The highest BCUT2D eigenvalue weighted by atomic mass is 16.5. The van der Waals surface area contributed by atoms with E-state index in [4.69, 9.17) is 9.47 Å². The molecule has 0 fully saturated rings. The second-order valence-electron chi connectivity index (χ2n) is 3.06. The third-order valence-electron chi connectivity index (χ3n) is 1.85. The summed E-state index contributed by atoms with van der Waals surface area (Å²) in [5.74, 6) is 0.139. The molecule has 0 unspecified atom stereocenters. The zero-order valence-electron chi connectivity index (χ0n) is 9.53. The molecule has 0 bridgehead atoms. The Kier molecular flexibility index (Phi) is 5.28. The predicted octanol–water partition coefficient (Wildman–Crippen LogP) is 0.856. The van der Waals surface area contributed by atoms with Gasteiger partial charge in [0.1, 0.15) is 6.61 Å². The second kappa shape index (κ2) is 6.79. The van der Waals surface area contributed by atoms with Gasteiger partial charge in [-0.2, -0.15) is 0 Å².